The zero-order chi connectivity index (χ0) is 10.8. The topological polar surface area (TPSA) is 24.9 Å². The van der Waals surface area contributed by atoms with Gasteiger partial charge in [-0.2, -0.15) is 0 Å². The molecule has 0 aromatic carbocycles. The Labute approximate surface area is 93.1 Å². The highest BCUT2D eigenvalue weighted by Crippen LogP contribution is 2.06. The van der Waals surface area contributed by atoms with Gasteiger partial charge in [0.15, 0.2) is 0 Å². The molecule has 0 unspecified atom stereocenters. The van der Waals surface area contributed by atoms with Crippen LogP contribution in [-0.4, -0.2) is 11.5 Å². The number of nitrogens with one attached hydrogen (secondary N) is 1. The summed E-state index contributed by atoms with van der Waals surface area (Å²) in [4.78, 5) is 4.06. The molecule has 1 aromatic heterocycles. The molecule has 0 saturated heterocycles. The Bertz CT molecular complexity index is 234. The molecule has 0 radical (unpaired) electrons. The molecule has 0 fully saturated rings. The minimum atomic E-state index is 1.07. The fourth-order valence-corrected chi connectivity index (χ4v) is 1.61. The Kier molecular flexibility index (Phi) is 6.63. The highest BCUT2D eigenvalue weighted by molar-refractivity contribution is 5.39. The van der Waals surface area contributed by atoms with Gasteiger partial charge in [-0.25, -0.2) is 0 Å². The number of unbranched alkanes of at least 4 members (excludes halogenated alkanes) is 5. The zero-order valence-corrected chi connectivity index (χ0v) is 9.71. The van der Waals surface area contributed by atoms with E-state index in [4.69, 9.17) is 0 Å². The van der Waals surface area contributed by atoms with Crippen molar-refractivity contribution in [1.29, 1.82) is 0 Å². The number of anilines is 1. The lowest BCUT2D eigenvalue weighted by atomic mass is 10.1. The molecule has 2 heteroatoms. The number of nitrogens with zero attached hydrogens (tertiary/aromatic N) is 1. The van der Waals surface area contributed by atoms with Crippen LogP contribution in [0.1, 0.15) is 45.4 Å². The van der Waals surface area contributed by atoms with E-state index in [9.17, 15) is 0 Å². The second-order valence-corrected chi connectivity index (χ2v) is 3.94. The van der Waals surface area contributed by atoms with Gasteiger partial charge in [0.2, 0.25) is 0 Å². The second-order valence-electron chi connectivity index (χ2n) is 3.94. The van der Waals surface area contributed by atoms with Gasteiger partial charge in [0.05, 0.1) is 5.69 Å². The zero-order valence-electron chi connectivity index (χ0n) is 9.71. The maximum atomic E-state index is 4.06. The van der Waals surface area contributed by atoms with Gasteiger partial charge >= 0.3 is 0 Å². The number of rotatable bonds is 8. The Morgan fingerprint density at radius 2 is 1.93 bits per heavy atom. The van der Waals surface area contributed by atoms with Gasteiger partial charge in [-0.1, -0.05) is 39.0 Å². The molecule has 0 spiro atoms. The van der Waals surface area contributed by atoms with E-state index in [-0.39, 0.29) is 0 Å². The average Bonchev–Trinajstić information content (AvgIpc) is 2.29. The Morgan fingerprint density at radius 1 is 1.13 bits per heavy atom. The lowest BCUT2D eigenvalue weighted by Crippen LogP contribution is -2.01. The SMILES string of the molecule is CCCCCCCCNc1cccnc1. The van der Waals surface area contributed by atoms with Crippen molar-refractivity contribution >= 4 is 5.69 Å². The molecule has 84 valence electrons. The van der Waals surface area contributed by atoms with Crippen LogP contribution >= 0.6 is 0 Å². The maximum Gasteiger partial charge on any atom is 0.0526 e. The first-order valence-electron chi connectivity index (χ1n) is 6.07. The minimum Gasteiger partial charge on any atom is -0.384 e. The van der Waals surface area contributed by atoms with Crippen molar-refractivity contribution in [3.05, 3.63) is 24.5 Å². The summed E-state index contributed by atoms with van der Waals surface area (Å²) in [5.41, 5.74) is 1.13. The molecular formula is C13H22N2. The van der Waals surface area contributed by atoms with Crippen LogP contribution in [0.2, 0.25) is 0 Å². The van der Waals surface area contributed by atoms with Gasteiger partial charge in [-0.15, -0.1) is 0 Å². The molecule has 0 aliphatic heterocycles. The second kappa shape index (κ2) is 8.27. The van der Waals surface area contributed by atoms with Crippen LogP contribution in [-0.2, 0) is 0 Å². The predicted octanol–water partition coefficient (Wildman–Crippen LogP) is 3.85. The fourth-order valence-electron chi connectivity index (χ4n) is 1.61. The number of aromatic nitrogens is 1. The van der Waals surface area contributed by atoms with Gasteiger partial charge in [-0.05, 0) is 18.6 Å². The normalized spacial score (nSPS) is 10.2. The van der Waals surface area contributed by atoms with Gasteiger partial charge in [-0.3, -0.25) is 4.98 Å². The van der Waals surface area contributed by atoms with Gasteiger partial charge < -0.3 is 5.32 Å². The standard InChI is InChI=1S/C13H22N2/c1-2-3-4-5-6-7-11-15-13-9-8-10-14-12-13/h8-10,12,15H,2-7,11H2,1H3. The quantitative estimate of drug-likeness (QED) is 0.653. The predicted molar refractivity (Wildman–Crippen MR) is 66.1 cm³/mol. The maximum absolute atomic E-state index is 4.06. The van der Waals surface area contributed by atoms with Crippen LogP contribution < -0.4 is 5.32 Å². The van der Waals surface area contributed by atoms with E-state index in [0.29, 0.717) is 0 Å². The van der Waals surface area contributed by atoms with Crippen molar-refractivity contribution in [2.24, 2.45) is 0 Å². The summed E-state index contributed by atoms with van der Waals surface area (Å²) in [7, 11) is 0. The number of hydrogen-bond donors (Lipinski definition) is 1. The van der Waals surface area contributed by atoms with Crippen LogP contribution in [0.15, 0.2) is 24.5 Å². The Balaban J connectivity index is 1.93. The van der Waals surface area contributed by atoms with E-state index >= 15 is 0 Å². The molecule has 1 aromatic rings. The van der Waals surface area contributed by atoms with Crippen LogP contribution in [0.4, 0.5) is 5.69 Å². The third-order valence-corrected chi connectivity index (χ3v) is 2.52. The first kappa shape index (κ1) is 12.0. The lowest BCUT2D eigenvalue weighted by molar-refractivity contribution is 0.617. The number of pyridine rings is 1. The largest absolute Gasteiger partial charge is 0.384 e. The van der Waals surface area contributed by atoms with E-state index < -0.39 is 0 Å². The summed E-state index contributed by atoms with van der Waals surface area (Å²) < 4.78 is 0. The molecule has 1 N–H and O–H groups in total. The molecule has 0 bridgehead atoms. The molecule has 2 nitrogen and oxygen atoms in total. The molecule has 0 atom stereocenters. The Morgan fingerprint density at radius 3 is 2.67 bits per heavy atom. The average molecular weight is 206 g/mol. The third-order valence-electron chi connectivity index (χ3n) is 2.52. The van der Waals surface area contributed by atoms with Crippen LogP contribution in [0.25, 0.3) is 0 Å². The van der Waals surface area contributed by atoms with E-state index in [1.165, 1.54) is 38.5 Å². The van der Waals surface area contributed by atoms with Crippen molar-refractivity contribution in [3.63, 3.8) is 0 Å². The van der Waals surface area contributed by atoms with Crippen LogP contribution in [0.5, 0.6) is 0 Å². The summed E-state index contributed by atoms with van der Waals surface area (Å²) >= 11 is 0. The van der Waals surface area contributed by atoms with Crippen LogP contribution in [0, 0.1) is 0 Å². The first-order valence-corrected chi connectivity index (χ1v) is 6.07. The van der Waals surface area contributed by atoms with Crippen molar-refractivity contribution < 1.29 is 0 Å². The van der Waals surface area contributed by atoms with Gasteiger partial charge in [0.1, 0.15) is 0 Å². The fraction of sp³-hybridized carbons (Fsp3) is 0.615. The molecule has 0 amide bonds. The lowest BCUT2D eigenvalue weighted by Gasteiger charge is -2.05. The van der Waals surface area contributed by atoms with Crippen molar-refractivity contribution in [2.75, 3.05) is 11.9 Å². The Hall–Kier alpha value is -1.05. The molecule has 0 aliphatic rings. The summed E-state index contributed by atoms with van der Waals surface area (Å²) in [5.74, 6) is 0. The van der Waals surface area contributed by atoms with E-state index in [2.05, 4.69) is 23.3 Å². The van der Waals surface area contributed by atoms with Crippen molar-refractivity contribution in [2.45, 2.75) is 45.4 Å². The summed E-state index contributed by atoms with van der Waals surface area (Å²) in [6, 6.07) is 4.02. The summed E-state index contributed by atoms with van der Waals surface area (Å²) in [6.45, 7) is 3.32. The molecule has 0 saturated carbocycles. The first-order chi connectivity index (χ1) is 7.43. The molecule has 15 heavy (non-hydrogen) atoms. The molecule has 0 aliphatic carbocycles. The van der Waals surface area contributed by atoms with Gasteiger partial charge in [0, 0.05) is 18.9 Å². The minimum absolute atomic E-state index is 1.07. The van der Waals surface area contributed by atoms with E-state index in [1.807, 2.05) is 12.3 Å². The smallest absolute Gasteiger partial charge is 0.0526 e. The van der Waals surface area contributed by atoms with Crippen LogP contribution in [0.3, 0.4) is 0 Å². The third kappa shape index (κ3) is 6.10. The van der Waals surface area contributed by atoms with Gasteiger partial charge in [0.25, 0.3) is 0 Å². The molecular weight excluding hydrogens is 184 g/mol. The molecule has 1 heterocycles. The number of hydrogen-bond acceptors (Lipinski definition) is 2. The van der Waals surface area contributed by atoms with Crippen molar-refractivity contribution in [3.8, 4) is 0 Å². The van der Waals surface area contributed by atoms with E-state index in [0.717, 1.165) is 12.2 Å². The molecule has 1 rings (SSSR count). The van der Waals surface area contributed by atoms with E-state index in [1.54, 1.807) is 6.20 Å². The summed E-state index contributed by atoms with van der Waals surface area (Å²) in [5, 5.41) is 3.37. The summed E-state index contributed by atoms with van der Waals surface area (Å²) in [6.07, 6.45) is 11.8. The monoisotopic (exact) mass is 206 g/mol. The highest BCUT2D eigenvalue weighted by atomic mass is 14.9. The van der Waals surface area contributed by atoms with Crippen molar-refractivity contribution in [1.82, 2.24) is 4.98 Å². The highest BCUT2D eigenvalue weighted by Gasteiger charge is 1.91.